The van der Waals surface area contributed by atoms with Crippen molar-refractivity contribution in [3.63, 3.8) is 0 Å². The summed E-state index contributed by atoms with van der Waals surface area (Å²) in [5, 5.41) is 0. The molecule has 0 N–H and O–H groups in total. The van der Waals surface area contributed by atoms with Gasteiger partial charge < -0.3 is 9.47 Å². The summed E-state index contributed by atoms with van der Waals surface area (Å²) in [6.45, 7) is 0.615. The van der Waals surface area contributed by atoms with Crippen LogP contribution in [-0.2, 0) is 14.3 Å². The minimum absolute atomic E-state index is 0.240. The van der Waals surface area contributed by atoms with Crippen molar-refractivity contribution < 1.29 is 14.3 Å². The number of hydrogen-bond acceptors (Lipinski definition) is 5. The lowest BCUT2D eigenvalue weighted by atomic mass is 9.98. The van der Waals surface area contributed by atoms with Gasteiger partial charge in [0.2, 0.25) is 0 Å². The van der Waals surface area contributed by atoms with Crippen molar-refractivity contribution in [3.8, 4) is 0 Å². The first-order chi connectivity index (χ1) is 12.1. The average molecular weight is 343 g/mol. The number of amides is 1. The van der Waals surface area contributed by atoms with Crippen molar-refractivity contribution in [1.82, 2.24) is 4.90 Å². The van der Waals surface area contributed by atoms with Crippen LogP contribution in [0, 0.1) is 11.8 Å². The van der Waals surface area contributed by atoms with E-state index in [0.717, 1.165) is 11.8 Å². The molecule has 1 amide bonds. The fourth-order valence-electron chi connectivity index (χ4n) is 3.97. The predicted octanol–water partition coefficient (Wildman–Crippen LogP) is 1.97. The molecule has 2 fully saturated rings. The van der Waals surface area contributed by atoms with Crippen LogP contribution in [0.3, 0.4) is 0 Å². The number of ether oxygens (including phenoxy) is 2. The second-order valence-corrected chi connectivity index (χ2v) is 7.40. The molecule has 25 heavy (non-hydrogen) atoms. The zero-order valence-electron chi connectivity index (χ0n) is 15.1. The van der Waals surface area contributed by atoms with Crippen LogP contribution in [0.4, 0.5) is 0 Å². The highest BCUT2D eigenvalue weighted by atomic mass is 16.5. The van der Waals surface area contributed by atoms with Crippen molar-refractivity contribution in [1.29, 1.82) is 0 Å². The molecule has 2 saturated carbocycles. The SMILES string of the molecule is COC1=CC2=NC(CN(C)C(C3CC3)C3CC3)=NC(=O)C2=CC1OC. The third-order valence-corrected chi connectivity index (χ3v) is 5.46. The third-order valence-electron chi connectivity index (χ3n) is 5.46. The number of nitrogens with zero attached hydrogens (tertiary/aromatic N) is 3. The minimum Gasteiger partial charge on any atom is -0.498 e. The molecule has 1 unspecified atom stereocenters. The Morgan fingerprint density at radius 2 is 1.88 bits per heavy atom. The molecule has 0 saturated heterocycles. The maximum atomic E-state index is 12.5. The molecular weight excluding hydrogens is 318 g/mol. The van der Waals surface area contributed by atoms with Gasteiger partial charge in [0, 0.05) is 19.2 Å². The standard InChI is InChI=1S/C19H25N3O3/c1-22(18(11-4-5-11)12-6-7-12)10-17-20-14-9-16(25-3)15(24-2)8-13(14)19(23)21-17/h8-9,11-12,15,18H,4-7,10H2,1-3H3. The van der Waals surface area contributed by atoms with Gasteiger partial charge in [0.1, 0.15) is 17.7 Å². The topological polar surface area (TPSA) is 63.5 Å². The summed E-state index contributed by atoms with van der Waals surface area (Å²) in [6, 6.07) is 0.615. The third kappa shape index (κ3) is 3.33. The average Bonchev–Trinajstić information content (AvgIpc) is 3.49. The number of methoxy groups -OCH3 is 2. The molecule has 1 atom stereocenters. The lowest BCUT2D eigenvalue weighted by molar-refractivity contribution is -0.114. The van der Waals surface area contributed by atoms with Gasteiger partial charge in [-0.3, -0.25) is 9.69 Å². The Kier molecular flexibility index (Phi) is 4.33. The van der Waals surface area contributed by atoms with Gasteiger partial charge in [0.25, 0.3) is 5.91 Å². The van der Waals surface area contributed by atoms with Gasteiger partial charge in [-0.05, 0) is 50.6 Å². The number of carbonyl (C=O) groups excluding carboxylic acids is 1. The fraction of sp³-hybridized carbons (Fsp3) is 0.632. The number of aliphatic imine (C=N–C) groups is 2. The lowest BCUT2D eigenvalue weighted by Crippen LogP contribution is -2.40. The monoisotopic (exact) mass is 343 g/mol. The van der Waals surface area contributed by atoms with E-state index >= 15 is 0 Å². The number of likely N-dealkylation sites (N-methyl/N-ethyl adjacent to an activating group) is 1. The van der Waals surface area contributed by atoms with Crippen LogP contribution in [0.15, 0.2) is 33.5 Å². The highest BCUT2D eigenvalue weighted by molar-refractivity contribution is 6.33. The summed E-state index contributed by atoms with van der Waals surface area (Å²) in [7, 11) is 5.32. The largest absolute Gasteiger partial charge is 0.498 e. The van der Waals surface area contributed by atoms with Crippen LogP contribution in [0.1, 0.15) is 25.7 Å². The van der Waals surface area contributed by atoms with Crippen molar-refractivity contribution in [3.05, 3.63) is 23.5 Å². The van der Waals surface area contributed by atoms with Crippen molar-refractivity contribution >= 4 is 17.5 Å². The molecule has 4 rings (SSSR count). The lowest BCUT2D eigenvalue weighted by Gasteiger charge is -2.29. The van der Waals surface area contributed by atoms with E-state index in [-0.39, 0.29) is 12.0 Å². The zero-order chi connectivity index (χ0) is 17.6. The predicted molar refractivity (Wildman–Crippen MR) is 95.7 cm³/mol. The quantitative estimate of drug-likeness (QED) is 0.709. The molecule has 4 aliphatic rings. The first-order valence-corrected chi connectivity index (χ1v) is 9.02. The molecule has 1 aliphatic heterocycles. The maximum absolute atomic E-state index is 12.5. The molecule has 1 heterocycles. The Hall–Kier alpha value is -1.79. The highest BCUT2D eigenvalue weighted by Gasteiger charge is 2.43. The highest BCUT2D eigenvalue weighted by Crippen LogP contribution is 2.46. The molecule has 6 nitrogen and oxygen atoms in total. The van der Waals surface area contributed by atoms with Crippen molar-refractivity contribution in [2.75, 3.05) is 27.8 Å². The number of hydrogen-bond donors (Lipinski definition) is 0. The fourth-order valence-corrected chi connectivity index (χ4v) is 3.97. The van der Waals surface area contributed by atoms with Crippen molar-refractivity contribution in [2.45, 2.75) is 37.8 Å². The molecule has 0 aromatic heterocycles. The molecule has 134 valence electrons. The smallest absolute Gasteiger partial charge is 0.280 e. The normalized spacial score (nSPS) is 26.1. The van der Waals surface area contributed by atoms with Crippen LogP contribution in [0.25, 0.3) is 0 Å². The van der Waals surface area contributed by atoms with Crippen LogP contribution < -0.4 is 0 Å². The van der Waals surface area contributed by atoms with E-state index in [9.17, 15) is 4.79 Å². The molecular formula is C19H25N3O3. The van der Waals surface area contributed by atoms with Gasteiger partial charge in [0.15, 0.2) is 0 Å². The molecule has 3 aliphatic carbocycles. The second kappa shape index (κ2) is 6.50. The summed E-state index contributed by atoms with van der Waals surface area (Å²) in [5.41, 5.74) is 1.13. The molecule has 0 bridgehead atoms. The van der Waals surface area contributed by atoms with Crippen molar-refractivity contribution in [2.24, 2.45) is 21.8 Å². The van der Waals surface area contributed by atoms with Gasteiger partial charge in [0.05, 0.1) is 24.9 Å². The van der Waals surface area contributed by atoms with Crippen LogP contribution in [0.5, 0.6) is 0 Å². The Balaban J connectivity index is 1.53. The molecule has 0 radical (unpaired) electrons. The van der Waals surface area contributed by atoms with Gasteiger partial charge in [-0.1, -0.05) is 0 Å². The van der Waals surface area contributed by atoms with E-state index < -0.39 is 0 Å². The molecule has 0 spiro atoms. The van der Waals surface area contributed by atoms with Gasteiger partial charge in [-0.2, -0.15) is 4.99 Å². The summed E-state index contributed by atoms with van der Waals surface area (Å²) in [4.78, 5) is 23.7. The first kappa shape index (κ1) is 16.7. The van der Waals surface area contributed by atoms with Gasteiger partial charge >= 0.3 is 0 Å². The minimum atomic E-state index is -0.364. The Labute approximate surface area is 148 Å². The number of carbonyl (C=O) groups is 1. The Morgan fingerprint density at radius 3 is 2.44 bits per heavy atom. The van der Waals surface area contributed by atoms with Crippen LogP contribution in [0.2, 0.25) is 0 Å². The molecule has 0 aromatic rings. The van der Waals surface area contributed by atoms with E-state index in [0.29, 0.717) is 35.5 Å². The number of rotatable bonds is 7. The van der Waals surface area contributed by atoms with Crippen LogP contribution in [-0.4, -0.2) is 62.3 Å². The maximum Gasteiger partial charge on any atom is 0.280 e. The summed E-state index contributed by atoms with van der Waals surface area (Å²) < 4.78 is 10.7. The number of amidine groups is 1. The van der Waals surface area contributed by atoms with Gasteiger partial charge in [-0.15, -0.1) is 0 Å². The van der Waals surface area contributed by atoms with Gasteiger partial charge in [-0.25, -0.2) is 4.99 Å². The summed E-state index contributed by atoms with van der Waals surface area (Å²) >= 11 is 0. The van der Waals surface area contributed by atoms with E-state index in [1.807, 2.05) is 0 Å². The van der Waals surface area contributed by atoms with Crippen LogP contribution >= 0.6 is 0 Å². The van der Waals surface area contributed by atoms with E-state index in [1.165, 1.54) is 25.7 Å². The number of allylic oxidation sites excluding steroid dienone is 1. The Bertz CT molecular complexity index is 687. The second-order valence-electron chi connectivity index (χ2n) is 7.40. The molecule has 0 aromatic carbocycles. The first-order valence-electron chi connectivity index (χ1n) is 9.02. The number of fused-ring (bicyclic) bond motifs is 1. The summed E-state index contributed by atoms with van der Waals surface area (Å²) in [6.07, 6.45) is 8.48. The molecule has 6 heteroatoms. The zero-order valence-corrected chi connectivity index (χ0v) is 15.1. The summed E-state index contributed by atoms with van der Waals surface area (Å²) in [5.74, 6) is 2.64. The van der Waals surface area contributed by atoms with E-state index in [2.05, 4.69) is 21.9 Å². The van der Waals surface area contributed by atoms with E-state index in [4.69, 9.17) is 9.47 Å². The Morgan fingerprint density at radius 1 is 1.20 bits per heavy atom. The van der Waals surface area contributed by atoms with E-state index in [1.54, 1.807) is 26.4 Å².